The summed E-state index contributed by atoms with van der Waals surface area (Å²) in [7, 11) is -3.26. The van der Waals surface area contributed by atoms with Crippen LogP contribution >= 0.6 is 11.8 Å². The number of nitrogens with zero attached hydrogens (tertiary/aromatic N) is 1. The molecule has 0 radical (unpaired) electrons. The van der Waals surface area contributed by atoms with E-state index in [1.54, 1.807) is 4.31 Å². The van der Waals surface area contributed by atoms with E-state index in [9.17, 15) is 8.42 Å². The largest absolute Gasteiger partial charge is 0.314 e. The van der Waals surface area contributed by atoms with Gasteiger partial charge in [-0.05, 0) is 56.7 Å². The minimum absolute atomic E-state index is 0.472. The normalized spacial score (nSPS) is 29.0. The lowest BCUT2D eigenvalue weighted by Crippen LogP contribution is -2.47. The van der Waals surface area contributed by atoms with E-state index in [0.717, 1.165) is 31.8 Å². The van der Waals surface area contributed by atoms with Gasteiger partial charge in [0, 0.05) is 30.9 Å². The molecule has 0 bridgehead atoms. The molecule has 3 aliphatic rings. The van der Waals surface area contributed by atoms with Crippen LogP contribution < -0.4 is 10.0 Å². The zero-order valence-corrected chi connectivity index (χ0v) is 14.2. The fourth-order valence-corrected chi connectivity index (χ4v) is 5.66. The van der Waals surface area contributed by atoms with E-state index in [0.29, 0.717) is 30.8 Å². The predicted octanol–water partition coefficient (Wildman–Crippen LogP) is 1.18. The van der Waals surface area contributed by atoms with Crippen molar-refractivity contribution in [1.29, 1.82) is 0 Å². The van der Waals surface area contributed by atoms with E-state index < -0.39 is 10.2 Å². The van der Waals surface area contributed by atoms with Gasteiger partial charge in [-0.2, -0.15) is 24.5 Å². The molecule has 0 aromatic rings. The van der Waals surface area contributed by atoms with Gasteiger partial charge in [0.15, 0.2) is 0 Å². The summed E-state index contributed by atoms with van der Waals surface area (Å²) in [5.41, 5.74) is 0. The first-order valence-corrected chi connectivity index (χ1v) is 10.7. The van der Waals surface area contributed by atoms with Crippen molar-refractivity contribution in [3.05, 3.63) is 0 Å². The van der Waals surface area contributed by atoms with Crippen molar-refractivity contribution in [3.63, 3.8) is 0 Å². The summed E-state index contributed by atoms with van der Waals surface area (Å²) in [5.74, 6) is 1.81. The number of piperidine rings is 1. The van der Waals surface area contributed by atoms with Crippen molar-refractivity contribution in [1.82, 2.24) is 14.3 Å². The lowest BCUT2D eigenvalue weighted by molar-refractivity contribution is 0.264. The molecule has 5 nitrogen and oxygen atoms in total. The second-order valence-corrected chi connectivity index (χ2v) is 9.68. The van der Waals surface area contributed by atoms with Crippen LogP contribution in [0, 0.1) is 5.92 Å². The number of rotatable bonds is 7. The summed E-state index contributed by atoms with van der Waals surface area (Å²) in [6.07, 6.45) is 6.96. The SMILES string of the molecule is O=S(=O)(NCC1CCCS1)N1CCC(CNC2CC2)CC1. The van der Waals surface area contributed by atoms with Crippen LogP contribution in [-0.2, 0) is 10.2 Å². The molecule has 1 atom stereocenters. The molecule has 2 aliphatic heterocycles. The Morgan fingerprint density at radius 1 is 1.05 bits per heavy atom. The molecule has 1 saturated carbocycles. The van der Waals surface area contributed by atoms with Crippen LogP contribution in [0.4, 0.5) is 0 Å². The number of thioether (sulfide) groups is 1. The van der Waals surface area contributed by atoms with Crippen LogP contribution in [-0.4, -0.2) is 55.9 Å². The Morgan fingerprint density at radius 2 is 1.81 bits per heavy atom. The van der Waals surface area contributed by atoms with Crippen molar-refractivity contribution in [2.24, 2.45) is 5.92 Å². The lowest BCUT2D eigenvalue weighted by atomic mass is 9.98. The van der Waals surface area contributed by atoms with Crippen molar-refractivity contribution < 1.29 is 8.42 Å². The molecule has 0 spiro atoms. The second kappa shape index (κ2) is 7.17. The van der Waals surface area contributed by atoms with Crippen molar-refractivity contribution in [2.75, 3.05) is 31.9 Å². The quantitative estimate of drug-likeness (QED) is 0.734. The highest BCUT2D eigenvalue weighted by atomic mass is 32.2. The van der Waals surface area contributed by atoms with E-state index in [-0.39, 0.29) is 0 Å². The van der Waals surface area contributed by atoms with Crippen molar-refractivity contribution in [3.8, 4) is 0 Å². The molecule has 3 fully saturated rings. The maximum Gasteiger partial charge on any atom is 0.279 e. The third-order valence-corrected chi connectivity index (χ3v) is 7.68. The Bertz CT molecular complexity index is 426. The standard InChI is InChI=1S/C14H27N3O2S2/c18-21(19,16-11-14-2-1-9-20-14)17-7-5-12(6-8-17)10-15-13-3-4-13/h12-16H,1-11H2. The summed E-state index contributed by atoms with van der Waals surface area (Å²) in [6.45, 7) is 3.00. The van der Waals surface area contributed by atoms with Crippen LogP contribution in [0.15, 0.2) is 0 Å². The van der Waals surface area contributed by atoms with Gasteiger partial charge in [0.05, 0.1) is 0 Å². The fourth-order valence-electron chi connectivity index (χ4n) is 3.07. The Morgan fingerprint density at radius 3 is 2.43 bits per heavy atom. The summed E-state index contributed by atoms with van der Waals surface area (Å²) < 4.78 is 29.1. The van der Waals surface area contributed by atoms with Crippen LogP contribution in [0.1, 0.15) is 38.5 Å². The Kier molecular flexibility index (Phi) is 5.48. The molecule has 2 saturated heterocycles. The summed E-state index contributed by atoms with van der Waals surface area (Å²) >= 11 is 1.89. The Balaban J connectivity index is 1.39. The van der Waals surface area contributed by atoms with E-state index >= 15 is 0 Å². The average molecular weight is 334 g/mol. The monoisotopic (exact) mass is 333 g/mol. The van der Waals surface area contributed by atoms with E-state index in [1.165, 1.54) is 25.0 Å². The molecule has 3 rings (SSSR count). The lowest BCUT2D eigenvalue weighted by Gasteiger charge is -2.31. The predicted molar refractivity (Wildman–Crippen MR) is 87.7 cm³/mol. The summed E-state index contributed by atoms with van der Waals surface area (Å²) in [6, 6.07) is 0.748. The van der Waals surface area contributed by atoms with Gasteiger partial charge >= 0.3 is 0 Å². The van der Waals surface area contributed by atoms with E-state index in [2.05, 4.69) is 10.0 Å². The third kappa shape index (κ3) is 4.82. The molecule has 1 aliphatic carbocycles. The molecule has 1 unspecified atom stereocenters. The zero-order valence-electron chi connectivity index (χ0n) is 12.6. The van der Waals surface area contributed by atoms with Crippen molar-refractivity contribution in [2.45, 2.75) is 49.8 Å². The van der Waals surface area contributed by atoms with Gasteiger partial charge in [0.2, 0.25) is 0 Å². The topological polar surface area (TPSA) is 61.4 Å². The van der Waals surface area contributed by atoms with Crippen LogP contribution in [0.5, 0.6) is 0 Å². The second-order valence-electron chi connectivity index (χ2n) is 6.51. The first-order chi connectivity index (χ1) is 10.1. The van der Waals surface area contributed by atoms with Gasteiger partial charge in [-0.25, -0.2) is 4.72 Å². The van der Waals surface area contributed by atoms with Gasteiger partial charge in [0.25, 0.3) is 10.2 Å². The molecule has 21 heavy (non-hydrogen) atoms. The number of hydrogen-bond donors (Lipinski definition) is 2. The van der Waals surface area contributed by atoms with E-state index in [4.69, 9.17) is 0 Å². The highest BCUT2D eigenvalue weighted by molar-refractivity contribution is 8.00. The van der Waals surface area contributed by atoms with Crippen molar-refractivity contribution >= 4 is 22.0 Å². The fraction of sp³-hybridized carbons (Fsp3) is 1.00. The van der Waals surface area contributed by atoms with Crippen LogP contribution in [0.25, 0.3) is 0 Å². The summed E-state index contributed by atoms with van der Waals surface area (Å²) in [5, 5.41) is 4.03. The first kappa shape index (κ1) is 16.1. The molecule has 7 heteroatoms. The molecule has 2 heterocycles. The van der Waals surface area contributed by atoms with Crippen LogP contribution in [0.3, 0.4) is 0 Å². The third-order valence-electron chi connectivity index (χ3n) is 4.70. The smallest absolute Gasteiger partial charge is 0.279 e. The average Bonchev–Trinajstić information content (AvgIpc) is 3.17. The molecule has 0 amide bonds. The number of hydrogen-bond acceptors (Lipinski definition) is 4. The zero-order chi connectivity index (χ0) is 14.7. The maximum atomic E-state index is 12.3. The van der Waals surface area contributed by atoms with Gasteiger partial charge in [-0.3, -0.25) is 0 Å². The van der Waals surface area contributed by atoms with Gasteiger partial charge in [-0.1, -0.05) is 0 Å². The Hall–Kier alpha value is 0.180. The molecular formula is C14H27N3O2S2. The van der Waals surface area contributed by atoms with Gasteiger partial charge < -0.3 is 5.32 Å². The number of nitrogens with one attached hydrogen (secondary N) is 2. The van der Waals surface area contributed by atoms with Crippen LogP contribution in [0.2, 0.25) is 0 Å². The highest BCUT2D eigenvalue weighted by Crippen LogP contribution is 2.26. The summed E-state index contributed by atoms with van der Waals surface area (Å²) in [4.78, 5) is 0. The minimum atomic E-state index is -3.26. The molecule has 122 valence electrons. The molecular weight excluding hydrogens is 306 g/mol. The van der Waals surface area contributed by atoms with Gasteiger partial charge in [-0.15, -0.1) is 0 Å². The van der Waals surface area contributed by atoms with E-state index in [1.807, 2.05) is 11.8 Å². The maximum absolute atomic E-state index is 12.3. The molecule has 0 aromatic carbocycles. The first-order valence-electron chi connectivity index (χ1n) is 8.23. The molecule has 2 N–H and O–H groups in total. The Labute approximate surface area is 132 Å². The highest BCUT2D eigenvalue weighted by Gasteiger charge is 2.30. The molecule has 0 aromatic heterocycles. The minimum Gasteiger partial charge on any atom is -0.314 e. The van der Waals surface area contributed by atoms with Gasteiger partial charge in [0.1, 0.15) is 0 Å².